The number of halogens is 2. The quantitative estimate of drug-likeness (QED) is 0.850. The summed E-state index contributed by atoms with van der Waals surface area (Å²) in [5.74, 6) is -0.0989. The molecule has 2 aromatic carbocycles. The molecule has 2 rings (SSSR count). The zero-order valence-electron chi connectivity index (χ0n) is 9.81. The summed E-state index contributed by atoms with van der Waals surface area (Å²) < 4.78 is 25.2. The van der Waals surface area contributed by atoms with Crippen molar-refractivity contribution >= 4 is 43.1 Å². The summed E-state index contributed by atoms with van der Waals surface area (Å²) in [4.78, 5) is 0.246. The smallest absolute Gasteiger partial charge is 0.182 e. The molecule has 6 heteroatoms. The second kappa shape index (κ2) is 5.53. The summed E-state index contributed by atoms with van der Waals surface area (Å²) in [6, 6.07) is 11.2. The van der Waals surface area contributed by atoms with Gasteiger partial charge in [-0.3, -0.25) is 0 Å². The van der Waals surface area contributed by atoms with E-state index in [0.29, 0.717) is 16.3 Å². The maximum absolute atomic E-state index is 12.2. The first-order valence-electron chi connectivity index (χ1n) is 5.40. The van der Waals surface area contributed by atoms with Crippen LogP contribution in [0.25, 0.3) is 0 Å². The minimum absolute atomic E-state index is 0.0989. The van der Waals surface area contributed by atoms with Crippen LogP contribution in [0.1, 0.15) is 5.56 Å². The zero-order chi connectivity index (χ0) is 14.0. The number of nitrogens with two attached hydrogens (primary N) is 1. The summed E-state index contributed by atoms with van der Waals surface area (Å²) in [6.07, 6.45) is 0. The van der Waals surface area contributed by atoms with Crippen molar-refractivity contribution in [3.8, 4) is 0 Å². The maximum atomic E-state index is 12.2. The molecule has 0 saturated heterocycles. The topological polar surface area (TPSA) is 60.2 Å². The summed E-state index contributed by atoms with van der Waals surface area (Å²) in [5, 5.41) is 0.505. The predicted octanol–water partition coefficient (Wildman–Crippen LogP) is 3.66. The van der Waals surface area contributed by atoms with Gasteiger partial charge in [-0.1, -0.05) is 27.5 Å². The molecule has 0 amide bonds. The van der Waals surface area contributed by atoms with E-state index < -0.39 is 9.84 Å². The number of anilines is 1. The van der Waals surface area contributed by atoms with E-state index >= 15 is 0 Å². The molecule has 0 heterocycles. The Morgan fingerprint density at radius 1 is 1.11 bits per heavy atom. The van der Waals surface area contributed by atoms with Crippen LogP contribution in [0.3, 0.4) is 0 Å². The summed E-state index contributed by atoms with van der Waals surface area (Å²) in [7, 11) is -3.40. The van der Waals surface area contributed by atoms with Gasteiger partial charge in [-0.25, -0.2) is 8.42 Å². The van der Waals surface area contributed by atoms with E-state index in [1.807, 2.05) is 0 Å². The number of hydrogen-bond acceptors (Lipinski definition) is 3. The molecule has 0 radical (unpaired) electrons. The standard InChI is InChI=1S/C13H11BrClNO2S/c14-10-5-9(6-12(16)7-10)8-19(17,18)13-3-1-11(15)2-4-13/h1-7H,8,16H2. The molecule has 0 bridgehead atoms. The summed E-state index contributed by atoms with van der Waals surface area (Å²) >= 11 is 9.04. The minimum Gasteiger partial charge on any atom is -0.399 e. The van der Waals surface area contributed by atoms with E-state index in [-0.39, 0.29) is 10.6 Å². The monoisotopic (exact) mass is 359 g/mol. The van der Waals surface area contributed by atoms with Crippen LogP contribution in [0.15, 0.2) is 51.8 Å². The normalized spacial score (nSPS) is 11.5. The molecule has 100 valence electrons. The molecule has 0 unspecified atom stereocenters. The van der Waals surface area contributed by atoms with Crippen LogP contribution in [-0.4, -0.2) is 8.42 Å². The molecule has 0 spiro atoms. The molecule has 2 aromatic rings. The SMILES string of the molecule is Nc1cc(Br)cc(CS(=O)(=O)c2ccc(Cl)cc2)c1. The molecule has 2 N–H and O–H groups in total. The second-order valence-electron chi connectivity index (χ2n) is 4.11. The lowest BCUT2D eigenvalue weighted by atomic mass is 10.2. The number of hydrogen-bond donors (Lipinski definition) is 1. The molecule has 0 saturated carbocycles. The van der Waals surface area contributed by atoms with E-state index in [9.17, 15) is 8.42 Å². The summed E-state index contributed by atoms with van der Waals surface area (Å²) in [6.45, 7) is 0. The Balaban J connectivity index is 2.33. The van der Waals surface area contributed by atoms with Crippen LogP contribution in [0.2, 0.25) is 5.02 Å². The highest BCUT2D eigenvalue weighted by atomic mass is 79.9. The van der Waals surface area contributed by atoms with E-state index in [2.05, 4.69) is 15.9 Å². The van der Waals surface area contributed by atoms with Gasteiger partial charge in [-0.05, 0) is 48.0 Å². The Morgan fingerprint density at radius 2 is 1.74 bits per heavy atom. The van der Waals surface area contributed by atoms with Gasteiger partial charge in [0.1, 0.15) is 0 Å². The maximum Gasteiger partial charge on any atom is 0.182 e. The minimum atomic E-state index is -3.40. The van der Waals surface area contributed by atoms with Crippen LogP contribution >= 0.6 is 27.5 Å². The largest absolute Gasteiger partial charge is 0.399 e. The van der Waals surface area contributed by atoms with Crippen molar-refractivity contribution in [3.05, 3.63) is 57.5 Å². The highest BCUT2D eigenvalue weighted by Gasteiger charge is 2.15. The fourth-order valence-electron chi connectivity index (χ4n) is 1.70. The van der Waals surface area contributed by atoms with Crippen LogP contribution in [-0.2, 0) is 15.6 Å². The molecule has 0 atom stereocenters. The van der Waals surface area contributed by atoms with E-state index in [0.717, 1.165) is 4.47 Å². The van der Waals surface area contributed by atoms with Crippen molar-refractivity contribution in [2.24, 2.45) is 0 Å². The van der Waals surface area contributed by atoms with Crippen molar-refractivity contribution in [3.63, 3.8) is 0 Å². The lowest BCUT2D eigenvalue weighted by Gasteiger charge is -2.06. The summed E-state index contributed by atoms with van der Waals surface area (Å²) in [5.41, 5.74) is 6.86. The lowest BCUT2D eigenvalue weighted by Crippen LogP contribution is -2.05. The van der Waals surface area contributed by atoms with Crippen molar-refractivity contribution in [2.45, 2.75) is 10.6 Å². The van der Waals surface area contributed by atoms with E-state index in [1.54, 1.807) is 30.3 Å². The number of nitrogen functional groups attached to an aromatic ring is 1. The number of sulfone groups is 1. The second-order valence-corrected chi connectivity index (χ2v) is 7.45. The van der Waals surface area contributed by atoms with Gasteiger partial charge in [0.15, 0.2) is 9.84 Å². The first kappa shape index (κ1) is 14.4. The van der Waals surface area contributed by atoms with Gasteiger partial charge in [0.25, 0.3) is 0 Å². The van der Waals surface area contributed by atoms with E-state index in [1.165, 1.54) is 12.1 Å². The van der Waals surface area contributed by atoms with Crippen molar-refractivity contribution in [2.75, 3.05) is 5.73 Å². The molecule has 0 aliphatic rings. The first-order chi connectivity index (χ1) is 8.87. The molecule has 0 fully saturated rings. The highest BCUT2D eigenvalue weighted by molar-refractivity contribution is 9.10. The van der Waals surface area contributed by atoms with Gasteiger partial charge in [0, 0.05) is 15.2 Å². The highest BCUT2D eigenvalue weighted by Crippen LogP contribution is 2.23. The van der Waals surface area contributed by atoms with Gasteiger partial charge in [0.05, 0.1) is 10.6 Å². The van der Waals surface area contributed by atoms with Crippen molar-refractivity contribution in [1.29, 1.82) is 0 Å². The molecule has 0 aromatic heterocycles. The lowest BCUT2D eigenvalue weighted by molar-refractivity contribution is 0.595. The average molecular weight is 361 g/mol. The van der Waals surface area contributed by atoms with Crippen LogP contribution in [0.4, 0.5) is 5.69 Å². The molecular weight excluding hydrogens is 350 g/mol. The van der Waals surface area contributed by atoms with Crippen molar-refractivity contribution < 1.29 is 8.42 Å². The predicted molar refractivity (Wildman–Crippen MR) is 80.9 cm³/mol. The van der Waals surface area contributed by atoms with Crippen LogP contribution < -0.4 is 5.73 Å². The zero-order valence-corrected chi connectivity index (χ0v) is 13.0. The average Bonchev–Trinajstić information content (AvgIpc) is 2.27. The molecule has 0 aliphatic heterocycles. The molecular formula is C13H11BrClNO2S. The molecule has 19 heavy (non-hydrogen) atoms. The van der Waals surface area contributed by atoms with E-state index in [4.69, 9.17) is 17.3 Å². The molecule has 0 aliphatic carbocycles. The number of benzene rings is 2. The Bertz CT molecular complexity index is 679. The third-order valence-corrected chi connectivity index (χ3v) is 4.92. The van der Waals surface area contributed by atoms with Gasteiger partial charge in [-0.15, -0.1) is 0 Å². The van der Waals surface area contributed by atoms with Gasteiger partial charge >= 0.3 is 0 Å². The van der Waals surface area contributed by atoms with Crippen LogP contribution in [0.5, 0.6) is 0 Å². The van der Waals surface area contributed by atoms with Gasteiger partial charge in [0.2, 0.25) is 0 Å². The Morgan fingerprint density at radius 3 is 2.32 bits per heavy atom. The third-order valence-electron chi connectivity index (χ3n) is 2.51. The van der Waals surface area contributed by atoms with Crippen molar-refractivity contribution in [1.82, 2.24) is 0 Å². The fourth-order valence-corrected chi connectivity index (χ4v) is 3.71. The Labute approximate surface area is 125 Å². The van der Waals surface area contributed by atoms with Gasteiger partial charge in [-0.2, -0.15) is 0 Å². The van der Waals surface area contributed by atoms with Gasteiger partial charge < -0.3 is 5.73 Å². The Hall–Kier alpha value is -1.04. The molecule has 3 nitrogen and oxygen atoms in total. The van der Waals surface area contributed by atoms with Crippen LogP contribution in [0, 0.1) is 0 Å². The third kappa shape index (κ3) is 3.72. The Kier molecular flexibility index (Phi) is 4.18. The number of rotatable bonds is 3. The fraction of sp³-hybridized carbons (Fsp3) is 0.0769. The first-order valence-corrected chi connectivity index (χ1v) is 8.22.